The molecule has 1 amide bonds. The van der Waals surface area contributed by atoms with Crippen LogP contribution in [0.1, 0.15) is 25.7 Å². The largest absolute Gasteiger partial charge is 0.493 e. The van der Waals surface area contributed by atoms with Gasteiger partial charge in [-0.05, 0) is 56.1 Å². The van der Waals surface area contributed by atoms with Gasteiger partial charge in [-0.2, -0.15) is 0 Å². The van der Waals surface area contributed by atoms with Crippen LogP contribution >= 0.6 is 0 Å². The molecule has 1 saturated heterocycles. The zero-order chi connectivity index (χ0) is 16.5. The van der Waals surface area contributed by atoms with Crippen molar-refractivity contribution in [3.63, 3.8) is 0 Å². The van der Waals surface area contributed by atoms with Crippen molar-refractivity contribution in [1.82, 2.24) is 5.32 Å². The van der Waals surface area contributed by atoms with Gasteiger partial charge in [0.15, 0.2) is 0 Å². The number of methoxy groups -OCH3 is 1. The van der Waals surface area contributed by atoms with E-state index in [4.69, 9.17) is 4.74 Å². The van der Waals surface area contributed by atoms with Gasteiger partial charge in [0.2, 0.25) is 5.91 Å². The fourth-order valence-electron chi connectivity index (χ4n) is 2.51. The molecule has 126 valence electrons. The summed E-state index contributed by atoms with van der Waals surface area (Å²) in [5.41, 5.74) is 0.750. The van der Waals surface area contributed by atoms with Crippen molar-refractivity contribution in [3.8, 4) is 5.75 Å². The molecule has 0 spiro atoms. The minimum absolute atomic E-state index is 0.0382. The summed E-state index contributed by atoms with van der Waals surface area (Å²) in [6, 6.07) is 7.13. The SMILES string of the molecule is COC(=O)CCOc1ccc(NC(=O)CCC2CCNC2)cc1. The predicted octanol–water partition coefficient (Wildman–Crippen LogP) is 1.96. The minimum atomic E-state index is -0.300. The van der Waals surface area contributed by atoms with Crippen LogP contribution in [0.25, 0.3) is 0 Å². The Labute approximate surface area is 136 Å². The number of carbonyl (C=O) groups is 2. The fourth-order valence-corrected chi connectivity index (χ4v) is 2.51. The van der Waals surface area contributed by atoms with Gasteiger partial charge in [0.1, 0.15) is 5.75 Å². The van der Waals surface area contributed by atoms with E-state index in [1.807, 2.05) is 0 Å². The van der Waals surface area contributed by atoms with Gasteiger partial charge < -0.3 is 20.1 Å². The molecular formula is C17H24N2O4. The smallest absolute Gasteiger partial charge is 0.308 e. The molecule has 1 heterocycles. The second-order valence-electron chi connectivity index (χ2n) is 5.64. The molecule has 0 radical (unpaired) electrons. The summed E-state index contributed by atoms with van der Waals surface area (Å²) in [4.78, 5) is 22.9. The molecule has 0 bridgehead atoms. The molecular weight excluding hydrogens is 296 g/mol. The van der Waals surface area contributed by atoms with Gasteiger partial charge in [-0.25, -0.2) is 0 Å². The van der Waals surface area contributed by atoms with Crippen LogP contribution in [-0.2, 0) is 14.3 Å². The number of hydrogen-bond donors (Lipinski definition) is 2. The molecule has 2 rings (SSSR count). The van der Waals surface area contributed by atoms with Crippen molar-refractivity contribution in [3.05, 3.63) is 24.3 Å². The van der Waals surface area contributed by atoms with Crippen LogP contribution in [0.2, 0.25) is 0 Å². The monoisotopic (exact) mass is 320 g/mol. The highest BCUT2D eigenvalue weighted by atomic mass is 16.5. The molecule has 0 saturated carbocycles. The first-order valence-corrected chi connectivity index (χ1v) is 7.97. The van der Waals surface area contributed by atoms with Crippen LogP contribution in [0.3, 0.4) is 0 Å². The lowest BCUT2D eigenvalue weighted by Crippen LogP contribution is -2.15. The predicted molar refractivity (Wildman–Crippen MR) is 87.4 cm³/mol. The van der Waals surface area contributed by atoms with Crippen LogP contribution < -0.4 is 15.4 Å². The molecule has 6 heteroatoms. The van der Waals surface area contributed by atoms with Crippen molar-refractivity contribution in [1.29, 1.82) is 0 Å². The van der Waals surface area contributed by atoms with Gasteiger partial charge in [0.25, 0.3) is 0 Å². The number of rotatable bonds is 8. The Balaban J connectivity index is 1.69. The Hall–Kier alpha value is -2.08. The van der Waals surface area contributed by atoms with Gasteiger partial charge in [0, 0.05) is 12.1 Å². The molecule has 0 aliphatic carbocycles. The third kappa shape index (κ3) is 6.28. The fraction of sp³-hybridized carbons (Fsp3) is 0.529. The quantitative estimate of drug-likeness (QED) is 0.716. The first-order valence-electron chi connectivity index (χ1n) is 7.97. The van der Waals surface area contributed by atoms with Gasteiger partial charge >= 0.3 is 5.97 Å². The lowest BCUT2D eigenvalue weighted by molar-refractivity contribution is -0.141. The summed E-state index contributed by atoms with van der Waals surface area (Å²) < 4.78 is 9.97. The third-order valence-electron chi connectivity index (χ3n) is 3.88. The van der Waals surface area contributed by atoms with Gasteiger partial charge in [-0.3, -0.25) is 9.59 Å². The van der Waals surface area contributed by atoms with Crippen LogP contribution in [-0.4, -0.2) is 38.7 Å². The number of anilines is 1. The van der Waals surface area contributed by atoms with Crippen molar-refractivity contribution in [2.45, 2.75) is 25.7 Å². The van der Waals surface area contributed by atoms with Gasteiger partial charge in [-0.15, -0.1) is 0 Å². The molecule has 2 N–H and O–H groups in total. The first-order chi connectivity index (χ1) is 11.2. The summed E-state index contributed by atoms with van der Waals surface area (Å²) in [6.45, 7) is 2.35. The molecule has 1 aliphatic heterocycles. The molecule has 6 nitrogen and oxygen atoms in total. The lowest BCUT2D eigenvalue weighted by Gasteiger charge is -2.10. The highest BCUT2D eigenvalue weighted by Crippen LogP contribution is 2.18. The zero-order valence-corrected chi connectivity index (χ0v) is 13.5. The number of carbonyl (C=O) groups excluding carboxylic acids is 2. The molecule has 1 unspecified atom stereocenters. The third-order valence-corrected chi connectivity index (χ3v) is 3.88. The van der Waals surface area contributed by atoms with Crippen LogP contribution in [0.5, 0.6) is 5.75 Å². The summed E-state index contributed by atoms with van der Waals surface area (Å²) in [5, 5.41) is 6.19. The number of amides is 1. The molecule has 1 aromatic carbocycles. The molecule has 1 fully saturated rings. The van der Waals surface area contributed by atoms with Crippen LogP contribution in [0.4, 0.5) is 5.69 Å². The molecule has 23 heavy (non-hydrogen) atoms. The topological polar surface area (TPSA) is 76.7 Å². The normalized spacial score (nSPS) is 16.8. The van der Waals surface area contributed by atoms with E-state index < -0.39 is 0 Å². The van der Waals surface area contributed by atoms with E-state index in [2.05, 4.69) is 15.4 Å². The molecule has 1 aliphatic rings. The molecule has 1 atom stereocenters. The maximum Gasteiger partial charge on any atom is 0.308 e. The number of nitrogens with one attached hydrogen (secondary N) is 2. The Morgan fingerprint density at radius 1 is 1.26 bits per heavy atom. The average Bonchev–Trinajstić information content (AvgIpc) is 3.08. The summed E-state index contributed by atoms with van der Waals surface area (Å²) >= 11 is 0. The van der Waals surface area contributed by atoms with E-state index in [9.17, 15) is 9.59 Å². The van der Waals surface area contributed by atoms with Crippen LogP contribution in [0.15, 0.2) is 24.3 Å². The van der Waals surface area contributed by atoms with Crippen molar-refractivity contribution < 1.29 is 19.1 Å². The van der Waals surface area contributed by atoms with Crippen LogP contribution in [0, 0.1) is 5.92 Å². The van der Waals surface area contributed by atoms with E-state index in [0.29, 0.717) is 18.1 Å². The van der Waals surface area contributed by atoms with E-state index in [-0.39, 0.29) is 24.9 Å². The average molecular weight is 320 g/mol. The van der Waals surface area contributed by atoms with E-state index >= 15 is 0 Å². The Morgan fingerprint density at radius 2 is 2.04 bits per heavy atom. The first kappa shape index (κ1) is 17.3. The second-order valence-corrected chi connectivity index (χ2v) is 5.64. The summed E-state index contributed by atoms with van der Waals surface area (Å²) in [7, 11) is 1.35. The second kappa shape index (κ2) is 9.15. The van der Waals surface area contributed by atoms with Gasteiger partial charge in [0.05, 0.1) is 20.1 Å². The number of hydrogen-bond acceptors (Lipinski definition) is 5. The Bertz CT molecular complexity index is 510. The lowest BCUT2D eigenvalue weighted by atomic mass is 10.0. The minimum Gasteiger partial charge on any atom is -0.493 e. The van der Waals surface area contributed by atoms with E-state index in [1.165, 1.54) is 7.11 Å². The van der Waals surface area contributed by atoms with Crippen molar-refractivity contribution in [2.24, 2.45) is 5.92 Å². The maximum atomic E-state index is 11.9. The zero-order valence-electron chi connectivity index (χ0n) is 13.5. The number of benzene rings is 1. The highest BCUT2D eigenvalue weighted by Gasteiger charge is 2.15. The standard InChI is InChI=1S/C17H24N2O4/c1-22-17(21)9-11-23-15-5-3-14(4-6-15)19-16(20)7-2-13-8-10-18-12-13/h3-6,13,18H,2,7-12H2,1H3,(H,19,20). The number of esters is 1. The Kier molecular flexibility index (Phi) is 6.87. The van der Waals surface area contributed by atoms with E-state index in [0.717, 1.165) is 31.6 Å². The summed E-state index contributed by atoms with van der Waals surface area (Å²) in [5.74, 6) is 1.01. The Morgan fingerprint density at radius 3 is 2.70 bits per heavy atom. The maximum absolute atomic E-state index is 11.9. The van der Waals surface area contributed by atoms with Crippen molar-refractivity contribution in [2.75, 3.05) is 32.1 Å². The van der Waals surface area contributed by atoms with Crippen molar-refractivity contribution >= 4 is 17.6 Å². The van der Waals surface area contributed by atoms with Gasteiger partial charge in [-0.1, -0.05) is 0 Å². The molecule has 0 aromatic heterocycles. The molecule has 1 aromatic rings. The summed E-state index contributed by atoms with van der Waals surface area (Å²) in [6.07, 6.45) is 2.84. The highest BCUT2D eigenvalue weighted by molar-refractivity contribution is 5.90. The number of ether oxygens (including phenoxy) is 2. The van der Waals surface area contributed by atoms with E-state index in [1.54, 1.807) is 24.3 Å².